The SMILES string of the molecule is CC(C(CCOc1ccccc1)C(=O)NC(C(=O)NCCN1CCOCC1)C(C)(C)C)N(O)C=O. The van der Waals surface area contributed by atoms with Gasteiger partial charge in [0.2, 0.25) is 18.2 Å². The van der Waals surface area contributed by atoms with E-state index in [0.29, 0.717) is 37.1 Å². The smallest absolute Gasteiger partial charge is 0.243 e. The van der Waals surface area contributed by atoms with Crippen molar-refractivity contribution in [3.05, 3.63) is 30.3 Å². The third kappa shape index (κ3) is 9.46. The minimum Gasteiger partial charge on any atom is -0.494 e. The molecule has 0 spiro atoms. The highest BCUT2D eigenvalue weighted by Gasteiger charge is 2.36. The molecule has 1 aromatic carbocycles. The molecule has 35 heavy (non-hydrogen) atoms. The van der Waals surface area contributed by atoms with Crippen LogP contribution in [0.4, 0.5) is 0 Å². The van der Waals surface area contributed by atoms with Crippen molar-refractivity contribution in [1.82, 2.24) is 20.6 Å². The third-order valence-corrected chi connectivity index (χ3v) is 6.13. The van der Waals surface area contributed by atoms with Crippen LogP contribution < -0.4 is 15.4 Å². The Hall–Kier alpha value is -2.69. The van der Waals surface area contributed by atoms with Gasteiger partial charge < -0.3 is 20.1 Å². The molecular weight excluding hydrogens is 452 g/mol. The normalized spacial score (nSPS) is 17.1. The van der Waals surface area contributed by atoms with Crippen LogP contribution in [0.1, 0.15) is 34.1 Å². The molecule has 3 amide bonds. The molecule has 10 heteroatoms. The maximum Gasteiger partial charge on any atom is 0.243 e. The maximum atomic E-state index is 13.3. The maximum absolute atomic E-state index is 13.3. The molecule has 1 aliphatic heterocycles. The van der Waals surface area contributed by atoms with Gasteiger partial charge in [-0.05, 0) is 30.9 Å². The Balaban J connectivity index is 2.01. The molecule has 3 atom stereocenters. The van der Waals surface area contributed by atoms with Crippen molar-refractivity contribution in [2.24, 2.45) is 11.3 Å². The molecule has 1 saturated heterocycles. The lowest BCUT2D eigenvalue weighted by molar-refractivity contribution is -0.166. The number of hydrogen-bond donors (Lipinski definition) is 3. The van der Waals surface area contributed by atoms with Gasteiger partial charge in [-0.3, -0.25) is 24.5 Å². The molecule has 0 radical (unpaired) electrons. The predicted molar refractivity (Wildman–Crippen MR) is 131 cm³/mol. The number of ether oxygens (including phenoxy) is 2. The van der Waals surface area contributed by atoms with Crippen LogP contribution in [0.3, 0.4) is 0 Å². The lowest BCUT2D eigenvalue weighted by atomic mass is 9.85. The summed E-state index contributed by atoms with van der Waals surface area (Å²) in [5, 5.41) is 16.2. The topological polar surface area (TPSA) is 120 Å². The van der Waals surface area contributed by atoms with E-state index >= 15 is 0 Å². The summed E-state index contributed by atoms with van der Waals surface area (Å²) in [7, 11) is 0. The van der Waals surface area contributed by atoms with Crippen molar-refractivity contribution in [3.8, 4) is 5.75 Å². The van der Waals surface area contributed by atoms with Crippen molar-refractivity contribution in [1.29, 1.82) is 0 Å². The van der Waals surface area contributed by atoms with Crippen molar-refractivity contribution in [2.75, 3.05) is 46.0 Å². The first-order valence-electron chi connectivity index (χ1n) is 12.1. The van der Waals surface area contributed by atoms with E-state index in [1.165, 1.54) is 0 Å². The van der Waals surface area contributed by atoms with E-state index in [-0.39, 0.29) is 25.3 Å². The Morgan fingerprint density at radius 2 is 1.86 bits per heavy atom. The van der Waals surface area contributed by atoms with Crippen LogP contribution >= 0.6 is 0 Å². The Morgan fingerprint density at radius 1 is 1.20 bits per heavy atom. The molecule has 196 valence electrons. The fourth-order valence-electron chi connectivity index (χ4n) is 3.88. The van der Waals surface area contributed by atoms with Crippen LogP contribution in [0.5, 0.6) is 5.75 Å². The Labute approximate surface area is 207 Å². The van der Waals surface area contributed by atoms with Gasteiger partial charge in [-0.1, -0.05) is 39.0 Å². The molecule has 1 heterocycles. The zero-order chi connectivity index (χ0) is 25.8. The fourth-order valence-corrected chi connectivity index (χ4v) is 3.88. The van der Waals surface area contributed by atoms with Crippen molar-refractivity contribution in [3.63, 3.8) is 0 Å². The molecule has 2 rings (SSSR count). The Kier molecular flexibility index (Phi) is 11.4. The van der Waals surface area contributed by atoms with Crippen LogP contribution in [0, 0.1) is 11.3 Å². The molecule has 0 aliphatic carbocycles. The summed E-state index contributed by atoms with van der Waals surface area (Å²) in [6.45, 7) is 11.6. The lowest BCUT2D eigenvalue weighted by Crippen LogP contribution is -2.57. The number of benzene rings is 1. The van der Waals surface area contributed by atoms with Gasteiger partial charge in [0, 0.05) is 26.2 Å². The number of para-hydroxylation sites is 1. The van der Waals surface area contributed by atoms with E-state index in [1.807, 2.05) is 39.0 Å². The van der Waals surface area contributed by atoms with Crippen molar-refractivity contribution >= 4 is 18.2 Å². The van der Waals surface area contributed by atoms with Crippen molar-refractivity contribution < 1.29 is 29.1 Å². The molecule has 10 nitrogen and oxygen atoms in total. The summed E-state index contributed by atoms with van der Waals surface area (Å²) >= 11 is 0. The van der Waals surface area contributed by atoms with Crippen molar-refractivity contribution in [2.45, 2.75) is 46.2 Å². The predicted octanol–water partition coefficient (Wildman–Crippen LogP) is 1.29. The second-order valence-corrected chi connectivity index (χ2v) is 9.84. The van der Waals surface area contributed by atoms with Gasteiger partial charge in [-0.15, -0.1) is 0 Å². The van der Waals surface area contributed by atoms with Crippen LogP contribution in [0.25, 0.3) is 0 Å². The van der Waals surface area contributed by atoms with Gasteiger partial charge in [-0.25, -0.2) is 5.06 Å². The number of amides is 3. The highest BCUT2D eigenvalue weighted by molar-refractivity contribution is 5.89. The zero-order valence-corrected chi connectivity index (χ0v) is 21.2. The Bertz CT molecular complexity index is 795. The Morgan fingerprint density at radius 3 is 2.46 bits per heavy atom. The summed E-state index contributed by atoms with van der Waals surface area (Å²) in [4.78, 5) is 39.7. The first-order chi connectivity index (χ1) is 16.6. The first kappa shape index (κ1) is 28.5. The molecule has 0 aromatic heterocycles. The number of carbonyl (C=O) groups excluding carboxylic acids is 3. The van der Waals surface area contributed by atoms with E-state index in [0.717, 1.165) is 13.1 Å². The minimum absolute atomic E-state index is 0.199. The van der Waals surface area contributed by atoms with Gasteiger partial charge in [0.05, 0.1) is 31.8 Å². The number of rotatable bonds is 13. The summed E-state index contributed by atoms with van der Waals surface area (Å²) in [5.41, 5.74) is -0.559. The number of morpholine rings is 1. The highest BCUT2D eigenvalue weighted by atomic mass is 16.5. The number of nitrogens with zero attached hydrogens (tertiary/aromatic N) is 2. The monoisotopic (exact) mass is 492 g/mol. The average molecular weight is 493 g/mol. The number of hydrogen-bond acceptors (Lipinski definition) is 7. The molecule has 1 aromatic rings. The third-order valence-electron chi connectivity index (χ3n) is 6.13. The van der Waals surface area contributed by atoms with E-state index < -0.39 is 29.3 Å². The second kappa shape index (κ2) is 14.0. The molecular formula is C25H40N4O6. The molecule has 3 unspecified atom stereocenters. The highest BCUT2D eigenvalue weighted by Crippen LogP contribution is 2.22. The van der Waals surface area contributed by atoms with Crippen LogP contribution in [-0.4, -0.2) is 91.5 Å². The van der Waals surface area contributed by atoms with Gasteiger partial charge in [0.1, 0.15) is 11.8 Å². The van der Waals surface area contributed by atoms with E-state index in [4.69, 9.17) is 9.47 Å². The average Bonchev–Trinajstić information content (AvgIpc) is 2.84. The van der Waals surface area contributed by atoms with Gasteiger partial charge in [-0.2, -0.15) is 0 Å². The summed E-state index contributed by atoms with van der Waals surface area (Å²) in [5.74, 6) is -0.844. The van der Waals surface area contributed by atoms with Crippen LogP contribution in [-0.2, 0) is 19.1 Å². The van der Waals surface area contributed by atoms with Gasteiger partial charge in [0.15, 0.2) is 0 Å². The van der Waals surface area contributed by atoms with Gasteiger partial charge in [0.25, 0.3) is 0 Å². The van der Waals surface area contributed by atoms with E-state index in [1.54, 1.807) is 19.1 Å². The molecule has 0 saturated carbocycles. The number of hydroxylamine groups is 2. The summed E-state index contributed by atoms with van der Waals surface area (Å²) in [6, 6.07) is 7.56. The molecule has 0 bridgehead atoms. The number of nitrogens with one attached hydrogen (secondary N) is 2. The second-order valence-electron chi connectivity index (χ2n) is 9.84. The lowest BCUT2D eigenvalue weighted by Gasteiger charge is -2.34. The molecule has 3 N–H and O–H groups in total. The van der Waals surface area contributed by atoms with Crippen LogP contribution in [0.15, 0.2) is 30.3 Å². The summed E-state index contributed by atoms with van der Waals surface area (Å²) in [6.07, 6.45) is 0.505. The standard InChI is InChI=1S/C25H40N4O6/c1-19(29(33)18-30)21(10-15-35-20-8-6-5-7-9-20)23(31)27-22(25(2,3)4)24(32)26-11-12-28-13-16-34-17-14-28/h5-9,18-19,21-22,33H,10-17H2,1-4H3,(H,26,32)(H,27,31). The largest absolute Gasteiger partial charge is 0.494 e. The van der Waals surface area contributed by atoms with Gasteiger partial charge >= 0.3 is 0 Å². The minimum atomic E-state index is -0.808. The van der Waals surface area contributed by atoms with E-state index in [9.17, 15) is 19.6 Å². The molecule has 1 aliphatic rings. The number of carbonyl (C=O) groups is 3. The fraction of sp³-hybridized carbons (Fsp3) is 0.640. The van der Waals surface area contributed by atoms with Crippen LogP contribution in [0.2, 0.25) is 0 Å². The molecule has 1 fully saturated rings. The zero-order valence-electron chi connectivity index (χ0n) is 21.2. The first-order valence-corrected chi connectivity index (χ1v) is 12.1. The summed E-state index contributed by atoms with van der Waals surface area (Å²) < 4.78 is 11.1. The van der Waals surface area contributed by atoms with E-state index in [2.05, 4.69) is 15.5 Å². The quantitative estimate of drug-likeness (QED) is 0.216.